The van der Waals surface area contributed by atoms with Crippen LogP contribution < -0.4 is 4.74 Å². The number of hydrogen-bond acceptors (Lipinski definition) is 5. The van der Waals surface area contributed by atoms with Crippen LogP contribution in [0.5, 0.6) is 5.75 Å². The number of ether oxygens (including phenoxy) is 3. The number of allylic oxidation sites excluding steroid dienone is 1. The minimum Gasteiger partial charge on any atom is -0.493 e. The lowest BCUT2D eigenvalue weighted by Gasteiger charge is -2.37. The Kier molecular flexibility index (Phi) is 6.66. The number of hydrogen-bond donors (Lipinski definition) is 0. The first-order chi connectivity index (χ1) is 13.8. The van der Waals surface area contributed by atoms with Crippen molar-refractivity contribution in [2.45, 2.75) is 78.9 Å². The maximum atomic E-state index is 13.0. The fraction of sp³-hybridized carbons (Fsp3) is 0.583. The molecular weight excluding hydrogens is 368 g/mol. The van der Waals surface area contributed by atoms with Gasteiger partial charge in [0.25, 0.3) is 0 Å². The Labute approximate surface area is 173 Å². The molecule has 3 rings (SSSR count). The van der Waals surface area contributed by atoms with Crippen molar-refractivity contribution in [1.29, 1.82) is 0 Å². The van der Waals surface area contributed by atoms with Crippen LogP contribution in [0.4, 0.5) is 0 Å². The maximum Gasteiger partial charge on any atom is 0.309 e. The second kappa shape index (κ2) is 9.02. The molecule has 158 valence electrons. The number of esters is 1. The third-order valence-electron chi connectivity index (χ3n) is 6.26. The Balaban J connectivity index is 1.66. The highest BCUT2D eigenvalue weighted by atomic mass is 16.6. The zero-order valence-corrected chi connectivity index (χ0v) is 18.1. The van der Waals surface area contributed by atoms with E-state index in [1.165, 1.54) is 6.26 Å². The van der Waals surface area contributed by atoms with Gasteiger partial charge in [-0.2, -0.15) is 0 Å². The molecule has 1 aliphatic heterocycles. The van der Waals surface area contributed by atoms with Gasteiger partial charge in [-0.3, -0.25) is 9.59 Å². The number of fused-ring (bicyclic) bond motifs is 1. The van der Waals surface area contributed by atoms with Crippen LogP contribution in [-0.2, 0) is 19.1 Å². The van der Waals surface area contributed by atoms with Crippen LogP contribution in [0.2, 0.25) is 0 Å². The minimum absolute atomic E-state index is 0.0235. The highest BCUT2D eigenvalue weighted by Gasteiger charge is 2.42. The Morgan fingerprint density at radius 1 is 1.17 bits per heavy atom. The van der Waals surface area contributed by atoms with E-state index in [4.69, 9.17) is 14.2 Å². The molecule has 29 heavy (non-hydrogen) atoms. The molecular formula is C24H32O5. The molecule has 1 fully saturated rings. The SMILES string of the molecule is CCC(CC)C(=O)OC1CCC2C(=O)C(Oc3cc(C)cc(C)c3C)=COC2C1. The average Bonchev–Trinajstić information content (AvgIpc) is 2.68. The van der Waals surface area contributed by atoms with Crippen molar-refractivity contribution in [2.24, 2.45) is 11.8 Å². The van der Waals surface area contributed by atoms with Crippen molar-refractivity contribution in [3.8, 4) is 5.75 Å². The van der Waals surface area contributed by atoms with Gasteiger partial charge in [0.1, 0.15) is 24.2 Å². The standard InChI is InChI=1S/C24H32O5/c1-6-17(7-2)24(26)28-18-8-9-19-21(12-18)27-13-22(23(19)25)29-20-11-14(3)10-15(4)16(20)5/h10-11,13,17-19,21H,6-9,12H2,1-5H3. The fourth-order valence-electron chi connectivity index (χ4n) is 4.22. The molecule has 1 aromatic rings. The van der Waals surface area contributed by atoms with Crippen LogP contribution >= 0.6 is 0 Å². The number of ketones is 1. The quantitative estimate of drug-likeness (QED) is 0.633. The van der Waals surface area contributed by atoms with Gasteiger partial charge < -0.3 is 14.2 Å². The summed E-state index contributed by atoms with van der Waals surface area (Å²) in [6.45, 7) is 10.0. The van der Waals surface area contributed by atoms with E-state index in [0.29, 0.717) is 25.0 Å². The van der Waals surface area contributed by atoms with Crippen molar-refractivity contribution in [2.75, 3.05) is 0 Å². The molecule has 0 saturated heterocycles. The Bertz CT molecular complexity index is 806. The highest BCUT2D eigenvalue weighted by Crippen LogP contribution is 2.36. The van der Waals surface area contributed by atoms with Crippen molar-refractivity contribution in [3.63, 3.8) is 0 Å². The Morgan fingerprint density at radius 2 is 1.90 bits per heavy atom. The zero-order chi connectivity index (χ0) is 21.1. The van der Waals surface area contributed by atoms with E-state index < -0.39 is 0 Å². The molecule has 0 radical (unpaired) electrons. The van der Waals surface area contributed by atoms with Crippen LogP contribution in [0.25, 0.3) is 0 Å². The summed E-state index contributed by atoms with van der Waals surface area (Å²) in [4.78, 5) is 25.3. The van der Waals surface area contributed by atoms with Crippen LogP contribution in [0.15, 0.2) is 24.2 Å². The summed E-state index contributed by atoms with van der Waals surface area (Å²) < 4.78 is 17.5. The first-order valence-corrected chi connectivity index (χ1v) is 10.7. The van der Waals surface area contributed by atoms with Gasteiger partial charge in [-0.25, -0.2) is 0 Å². The van der Waals surface area contributed by atoms with Crippen LogP contribution in [0, 0.1) is 32.6 Å². The molecule has 3 unspecified atom stereocenters. The van der Waals surface area contributed by atoms with Crippen molar-refractivity contribution >= 4 is 11.8 Å². The second-order valence-corrected chi connectivity index (χ2v) is 8.32. The largest absolute Gasteiger partial charge is 0.493 e. The summed E-state index contributed by atoms with van der Waals surface area (Å²) in [5.41, 5.74) is 3.23. The summed E-state index contributed by atoms with van der Waals surface area (Å²) in [6.07, 6.45) is 4.42. The second-order valence-electron chi connectivity index (χ2n) is 8.32. The number of carbonyl (C=O) groups excluding carboxylic acids is 2. The van der Waals surface area contributed by atoms with Gasteiger partial charge >= 0.3 is 5.97 Å². The number of aryl methyl sites for hydroxylation is 2. The lowest BCUT2D eigenvalue weighted by atomic mass is 9.80. The number of Topliss-reactive ketones (excluding diaryl/α,β-unsaturated/α-hetero) is 1. The number of rotatable bonds is 6. The van der Waals surface area contributed by atoms with Gasteiger partial charge in [0.05, 0.1) is 11.8 Å². The number of benzene rings is 1. The molecule has 1 saturated carbocycles. The first kappa shape index (κ1) is 21.4. The molecule has 1 aromatic carbocycles. The summed E-state index contributed by atoms with van der Waals surface area (Å²) in [5, 5.41) is 0. The predicted molar refractivity (Wildman–Crippen MR) is 111 cm³/mol. The van der Waals surface area contributed by atoms with E-state index in [2.05, 4.69) is 6.07 Å². The molecule has 0 spiro atoms. The molecule has 5 nitrogen and oxygen atoms in total. The maximum absolute atomic E-state index is 13.0. The normalized spacial score (nSPS) is 23.9. The Hall–Kier alpha value is -2.30. The number of carbonyl (C=O) groups is 2. The van der Waals surface area contributed by atoms with Crippen molar-refractivity contribution in [3.05, 3.63) is 40.8 Å². The van der Waals surface area contributed by atoms with Crippen molar-refractivity contribution in [1.82, 2.24) is 0 Å². The molecule has 0 aromatic heterocycles. The van der Waals surface area contributed by atoms with E-state index >= 15 is 0 Å². The van der Waals surface area contributed by atoms with E-state index in [-0.39, 0.29) is 41.6 Å². The minimum atomic E-state index is -0.261. The third kappa shape index (κ3) is 4.65. The summed E-state index contributed by atoms with van der Waals surface area (Å²) in [5.74, 6) is 0.491. The topological polar surface area (TPSA) is 61.8 Å². The molecule has 3 atom stereocenters. The summed E-state index contributed by atoms with van der Waals surface area (Å²) >= 11 is 0. The van der Waals surface area contributed by atoms with Crippen LogP contribution in [-0.4, -0.2) is 24.0 Å². The van der Waals surface area contributed by atoms with Gasteiger partial charge in [0, 0.05) is 6.42 Å². The smallest absolute Gasteiger partial charge is 0.309 e. The highest BCUT2D eigenvalue weighted by molar-refractivity contribution is 5.96. The van der Waals surface area contributed by atoms with E-state index in [0.717, 1.165) is 29.5 Å². The van der Waals surface area contributed by atoms with E-state index in [9.17, 15) is 9.59 Å². The van der Waals surface area contributed by atoms with Gasteiger partial charge in [-0.15, -0.1) is 0 Å². The van der Waals surface area contributed by atoms with E-state index in [1.54, 1.807) is 0 Å². The van der Waals surface area contributed by atoms with E-state index in [1.807, 2.05) is 40.7 Å². The summed E-state index contributed by atoms with van der Waals surface area (Å²) in [6, 6.07) is 4.03. The lowest BCUT2D eigenvalue weighted by Crippen LogP contribution is -2.43. The van der Waals surface area contributed by atoms with Gasteiger partial charge in [-0.1, -0.05) is 19.9 Å². The molecule has 1 heterocycles. The van der Waals surface area contributed by atoms with Crippen LogP contribution in [0.3, 0.4) is 0 Å². The zero-order valence-electron chi connectivity index (χ0n) is 18.1. The third-order valence-corrected chi connectivity index (χ3v) is 6.26. The molecule has 2 aliphatic rings. The lowest BCUT2D eigenvalue weighted by molar-refractivity contribution is -0.160. The molecule has 5 heteroatoms. The summed E-state index contributed by atoms with van der Waals surface area (Å²) in [7, 11) is 0. The molecule has 0 N–H and O–H groups in total. The fourth-order valence-corrected chi connectivity index (χ4v) is 4.22. The van der Waals surface area contributed by atoms with Crippen LogP contribution in [0.1, 0.15) is 62.6 Å². The monoisotopic (exact) mass is 400 g/mol. The molecule has 0 amide bonds. The molecule has 1 aliphatic carbocycles. The first-order valence-electron chi connectivity index (χ1n) is 10.7. The van der Waals surface area contributed by atoms with Gasteiger partial charge in [0.2, 0.25) is 11.5 Å². The van der Waals surface area contributed by atoms with Crippen molar-refractivity contribution < 1.29 is 23.8 Å². The predicted octanol–water partition coefficient (Wildman–Crippen LogP) is 4.95. The van der Waals surface area contributed by atoms with Gasteiger partial charge in [-0.05, 0) is 69.2 Å². The van der Waals surface area contributed by atoms with Gasteiger partial charge in [0.15, 0.2) is 0 Å². The molecule has 0 bridgehead atoms. The Morgan fingerprint density at radius 3 is 2.59 bits per heavy atom. The average molecular weight is 401 g/mol.